The second kappa shape index (κ2) is 19.4. The van der Waals surface area contributed by atoms with E-state index >= 15 is 0 Å². The number of rotatable bonds is 15. The van der Waals surface area contributed by atoms with Crippen LogP contribution in [0.5, 0.6) is 0 Å². The van der Waals surface area contributed by atoms with Gasteiger partial charge in [0.05, 0.1) is 52.0 Å². The fourth-order valence-corrected chi connectivity index (χ4v) is 6.86. The molecule has 6 rings (SSSR count). The molecule has 0 unspecified atom stereocenters. The van der Waals surface area contributed by atoms with E-state index in [4.69, 9.17) is 37.9 Å². The van der Waals surface area contributed by atoms with Crippen LogP contribution in [0.2, 0.25) is 0 Å². The van der Waals surface area contributed by atoms with Crippen molar-refractivity contribution in [2.45, 2.75) is 143 Å². The summed E-state index contributed by atoms with van der Waals surface area (Å²) < 4.78 is 47.3. The van der Waals surface area contributed by atoms with E-state index in [1.807, 2.05) is 0 Å². The first kappa shape index (κ1) is 45.0. The van der Waals surface area contributed by atoms with Crippen molar-refractivity contribution >= 4 is 0 Å². The summed E-state index contributed by atoms with van der Waals surface area (Å²) in [5.41, 5.74) is 0.588. The first-order valence-electron chi connectivity index (χ1n) is 18.2. The Balaban J connectivity index is 1.02. The van der Waals surface area contributed by atoms with Gasteiger partial charge in [-0.3, -0.25) is 4.68 Å². The Labute approximate surface area is 327 Å². The highest BCUT2D eigenvalue weighted by molar-refractivity contribution is 4.98. The smallest absolute Gasteiger partial charge is 0.187 e. The van der Waals surface area contributed by atoms with E-state index in [9.17, 15) is 66.4 Å². The van der Waals surface area contributed by atoms with Gasteiger partial charge in [-0.05, 0) is 0 Å². The zero-order chi connectivity index (χ0) is 42.0. The third kappa shape index (κ3) is 9.64. The molecule has 0 aliphatic carbocycles. The summed E-state index contributed by atoms with van der Waals surface area (Å²) in [6.07, 6.45) is -30.1. The Morgan fingerprint density at radius 2 is 0.914 bits per heavy atom. The van der Waals surface area contributed by atoms with Gasteiger partial charge >= 0.3 is 0 Å². The maximum absolute atomic E-state index is 11.0. The second-order valence-corrected chi connectivity index (χ2v) is 14.3. The number of aliphatic hydroxyl groups excluding tert-OH is 13. The van der Waals surface area contributed by atoms with Gasteiger partial charge < -0.3 is 104 Å². The van der Waals surface area contributed by atoms with Crippen LogP contribution < -0.4 is 0 Å². The lowest BCUT2D eigenvalue weighted by Gasteiger charge is -2.48. The number of nitrogens with zero attached hydrogens (tertiary/aromatic N) is 6. The minimum atomic E-state index is -1.99. The Bertz CT molecular complexity index is 1570. The third-order valence-electron chi connectivity index (χ3n) is 10.1. The summed E-state index contributed by atoms with van der Waals surface area (Å²) in [5.74, 6) is 0. The topological polar surface area (TPSA) is 398 Å². The maximum atomic E-state index is 11.0. The molecule has 0 amide bonds. The molecule has 58 heavy (non-hydrogen) atoms. The highest BCUT2D eigenvalue weighted by atomic mass is 16.8. The lowest BCUT2D eigenvalue weighted by molar-refractivity contribution is -0.379. The van der Waals surface area contributed by atoms with Gasteiger partial charge in [-0.2, -0.15) is 0 Å². The molecule has 4 aliphatic rings. The Hall–Kier alpha value is -2.56. The van der Waals surface area contributed by atoms with Crippen molar-refractivity contribution in [2.24, 2.45) is 7.05 Å². The van der Waals surface area contributed by atoms with Crippen LogP contribution in [-0.2, 0) is 64.7 Å². The van der Waals surface area contributed by atoms with Crippen LogP contribution >= 0.6 is 0 Å². The zero-order valence-electron chi connectivity index (χ0n) is 30.7. The summed E-state index contributed by atoms with van der Waals surface area (Å²) in [5, 5.41) is 151. The number of ether oxygens (including phenoxy) is 8. The Kier molecular flexibility index (Phi) is 15.1. The summed E-state index contributed by atoms with van der Waals surface area (Å²) in [4.78, 5) is 0. The number of aryl methyl sites for hydroxylation is 1. The van der Waals surface area contributed by atoms with Crippen LogP contribution in [0.1, 0.15) is 11.4 Å². The van der Waals surface area contributed by atoms with E-state index in [1.54, 1.807) is 13.2 Å². The average Bonchev–Trinajstić information content (AvgIpc) is 3.86. The second-order valence-electron chi connectivity index (χ2n) is 14.3. The predicted molar refractivity (Wildman–Crippen MR) is 176 cm³/mol. The first-order chi connectivity index (χ1) is 27.6. The molecule has 0 bridgehead atoms. The minimum Gasteiger partial charge on any atom is -0.394 e. The Morgan fingerprint density at radius 1 is 0.500 bits per heavy atom. The van der Waals surface area contributed by atoms with Crippen molar-refractivity contribution in [3.8, 4) is 0 Å². The molecule has 2 aromatic heterocycles. The number of hydrogen-bond acceptors (Lipinski definition) is 25. The molecule has 27 heteroatoms. The molecule has 13 N–H and O–H groups in total. The highest BCUT2D eigenvalue weighted by Crippen LogP contribution is 2.33. The minimum absolute atomic E-state index is 0.111. The van der Waals surface area contributed by atoms with Crippen molar-refractivity contribution < 1.29 is 104 Å². The van der Waals surface area contributed by atoms with Crippen LogP contribution in [0.15, 0.2) is 12.4 Å². The molecule has 2 aromatic rings. The normalized spacial score (nSPS) is 43.8. The standard InChI is InChI=1S/C31H50N6O21/c1-36-2-10(32-34-36)8-51-28-22(47)18(43)16(41)12(53-28)4-37-3-11(33-35-37)9-52-29-24(49)20(45)26(14(6-39)55-29)58-31-25(50)21(46)27(15(7-40)56-31)57-30-23(48)19(44)17(42)13(5-38)54-30/h2-3,12-31,38-50H,4-9H2,1H3/t12-,13-,14-,15-,16-,17-,18+,19+,20-,21-,22+,23-,24-,25-,26-,27-,28+,29-,30-,31-/m1/s1. The Morgan fingerprint density at radius 3 is 1.43 bits per heavy atom. The van der Waals surface area contributed by atoms with E-state index in [2.05, 4.69) is 20.6 Å². The predicted octanol–water partition coefficient (Wildman–Crippen LogP) is -9.60. The first-order valence-corrected chi connectivity index (χ1v) is 18.2. The zero-order valence-corrected chi connectivity index (χ0v) is 30.7. The largest absolute Gasteiger partial charge is 0.394 e. The molecule has 4 saturated heterocycles. The summed E-state index contributed by atoms with van der Waals surface area (Å²) in [7, 11) is 1.65. The highest BCUT2D eigenvalue weighted by Gasteiger charge is 2.54. The van der Waals surface area contributed by atoms with Crippen molar-refractivity contribution in [3.63, 3.8) is 0 Å². The van der Waals surface area contributed by atoms with Gasteiger partial charge in [-0.25, -0.2) is 4.68 Å². The molecule has 6 heterocycles. The van der Waals surface area contributed by atoms with E-state index in [0.717, 1.165) is 0 Å². The van der Waals surface area contributed by atoms with E-state index < -0.39 is 143 Å². The van der Waals surface area contributed by atoms with Crippen LogP contribution in [0.3, 0.4) is 0 Å². The number of aromatic nitrogens is 6. The van der Waals surface area contributed by atoms with E-state index in [0.29, 0.717) is 5.69 Å². The monoisotopic (exact) mass is 842 g/mol. The maximum Gasteiger partial charge on any atom is 0.187 e. The van der Waals surface area contributed by atoms with Crippen LogP contribution in [0.25, 0.3) is 0 Å². The van der Waals surface area contributed by atoms with Crippen LogP contribution in [-0.4, -0.2) is 239 Å². The van der Waals surface area contributed by atoms with Crippen molar-refractivity contribution in [1.29, 1.82) is 0 Å². The SMILES string of the molecule is Cn1cc(CO[C@H]2O[C@H](Cn3cc(CO[C@@H]4O[C@H](CO)[C@@H](O[C@H]5O[C@H](CO)[C@@H](O[C@H]6O[C@H](CO)[C@@H](O)[C@H](O)[C@H]6O)[C@H](O)[C@H]5O)[C@H](O)[C@H]4O)nn3)[C@@H](O)[C@H](O)[C@@H]2O)nn1. The molecule has 27 nitrogen and oxygen atoms in total. The molecule has 0 spiro atoms. The van der Waals surface area contributed by atoms with Crippen molar-refractivity contribution in [1.82, 2.24) is 30.0 Å². The van der Waals surface area contributed by atoms with Gasteiger partial charge in [-0.1, -0.05) is 10.4 Å². The molecular weight excluding hydrogens is 792 g/mol. The van der Waals surface area contributed by atoms with Crippen LogP contribution in [0.4, 0.5) is 0 Å². The average molecular weight is 843 g/mol. The number of hydrogen-bond donors (Lipinski definition) is 13. The molecular formula is C31H50N6O21. The van der Waals surface area contributed by atoms with Crippen molar-refractivity contribution in [2.75, 3.05) is 19.8 Å². The van der Waals surface area contributed by atoms with Crippen molar-refractivity contribution in [3.05, 3.63) is 23.8 Å². The van der Waals surface area contributed by atoms with Gasteiger partial charge in [0, 0.05) is 7.05 Å². The summed E-state index contributed by atoms with van der Waals surface area (Å²) in [6, 6.07) is 0. The molecule has 330 valence electrons. The molecule has 20 atom stereocenters. The lowest BCUT2D eigenvalue weighted by atomic mass is 9.96. The quantitative estimate of drug-likeness (QED) is 0.0791. The molecule has 0 saturated carbocycles. The number of aliphatic hydroxyl groups is 13. The van der Waals surface area contributed by atoms with Gasteiger partial charge in [0.2, 0.25) is 0 Å². The lowest BCUT2D eigenvalue weighted by Crippen LogP contribution is -2.66. The molecule has 0 aromatic carbocycles. The summed E-state index contributed by atoms with van der Waals surface area (Å²) in [6.45, 7) is -3.13. The van der Waals surface area contributed by atoms with Gasteiger partial charge in [-0.15, -0.1) is 10.2 Å². The fraction of sp³-hybridized carbons (Fsp3) is 0.871. The van der Waals surface area contributed by atoms with Gasteiger partial charge in [0.1, 0.15) is 109 Å². The van der Waals surface area contributed by atoms with E-state index in [-0.39, 0.29) is 25.5 Å². The molecule has 0 radical (unpaired) electrons. The summed E-state index contributed by atoms with van der Waals surface area (Å²) >= 11 is 0. The van der Waals surface area contributed by atoms with Gasteiger partial charge in [0.25, 0.3) is 0 Å². The molecule has 4 fully saturated rings. The molecule has 4 aliphatic heterocycles. The van der Waals surface area contributed by atoms with Crippen LogP contribution in [0, 0.1) is 0 Å². The van der Waals surface area contributed by atoms with Gasteiger partial charge in [0.15, 0.2) is 25.2 Å². The van der Waals surface area contributed by atoms with E-state index in [1.165, 1.54) is 15.6 Å². The fourth-order valence-electron chi connectivity index (χ4n) is 6.86. The third-order valence-corrected chi connectivity index (χ3v) is 10.1.